The lowest BCUT2D eigenvalue weighted by molar-refractivity contribution is 0.0462. The van der Waals surface area contributed by atoms with Crippen LogP contribution in [0.15, 0.2) is 6.20 Å². The quantitative estimate of drug-likeness (QED) is 0.491. The Morgan fingerprint density at radius 2 is 2.23 bits per heavy atom. The van der Waals surface area contributed by atoms with Gasteiger partial charge in [-0.05, 0) is 6.92 Å². The summed E-state index contributed by atoms with van der Waals surface area (Å²) < 4.78 is 10.4. The molecule has 0 aliphatic heterocycles. The molecular formula is C8H12BNO2S. The highest BCUT2D eigenvalue weighted by Crippen LogP contribution is 2.03. The Bertz CT molecular complexity index is 242. The minimum absolute atomic E-state index is 0.571. The van der Waals surface area contributed by atoms with Crippen molar-refractivity contribution in [1.82, 2.24) is 4.98 Å². The third-order valence-corrected chi connectivity index (χ3v) is 2.19. The van der Waals surface area contributed by atoms with E-state index in [2.05, 4.69) is 4.98 Å². The third kappa shape index (κ3) is 4.40. The second kappa shape index (κ2) is 6.13. The zero-order valence-corrected chi connectivity index (χ0v) is 8.47. The van der Waals surface area contributed by atoms with Crippen LogP contribution in [0.3, 0.4) is 0 Å². The lowest BCUT2D eigenvalue weighted by Crippen LogP contribution is -2.03. The van der Waals surface area contributed by atoms with Crippen molar-refractivity contribution in [2.45, 2.75) is 13.5 Å². The van der Waals surface area contributed by atoms with Gasteiger partial charge in [-0.15, -0.1) is 11.3 Å². The van der Waals surface area contributed by atoms with Crippen LogP contribution in [-0.2, 0) is 16.1 Å². The third-order valence-electron chi connectivity index (χ3n) is 1.39. The minimum atomic E-state index is 0.571. The maximum absolute atomic E-state index is 5.46. The van der Waals surface area contributed by atoms with Gasteiger partial charge in [-0.1, -0.05) is 0 Å². The van der Waals surface area contributed by atoms with E-state index < -0.39 is 0 Å². The standard InChI is InChI=1S/C8H12BNO2S/c1-2-11-3-4-12-6-7-5-10-8(9)13-7/h5H,2-4,6H2,1H3. The van der Waals surface area contributed by atoms with Gasteiger partial charge in [0.2, 0.25) is 0 Å². The molecule has 1 aromatic rings. The molecule has 0 aromatic carbocycles. The molecule has 0 aliphatic rings. The highest BCUT2D eigenvalue weighted by Gasteiger charge is 1.96. The van der Waals surface area contributed by atoms with Gasteiger partial charge in [0.15, 0.2) is 7.85 Å². The summed E-state index contributed by atoms with van der Waals surface area (Å²) in [7, 11) is 5.46. The Hall–Kier alpha value is -0.385. The molecule has 0 spiro atoms. The second-order valence-electron chi connectivity index (χ2n) is 2.41. The molecule has 3 nitrogen and oxygen atoms in total. The van der Waals surface area contributed by atoms with Crippen molar-refractivity contribution in [1.29, 1.82) is 0 Å². The Morgan fingerprint density at radius 1 is 1.46 bits per heavy atom. The number of hydrogen-bond acceptors (Lipinski definition) is 4. The Labute approximate surface area is 83.5 Å². The fraction of sp³-hybridized carbons (Fsp3) is 0.625. The molecule has 1 heterocycles. The molecule has 0 saturated carbocycles. The molecule has 1 rings (SSSR count). The Kier molecular flexibility index (Phi) is 5.04. The van der Waals surface area contributed by atoms with E-state index in [9.17, 15) is 0 Å². The first-order valence-electron chi connectivity index (χ1n) is 4.18. The van der Waals surface area contributed by atoms with Crippen LogP contribution in [0.4, 0.5) is 0 Å². The molecule has 0 atom stereocenters. The highest BCUT2D eigenvalue weighted by atomic mass is 32.1. The first-order valence-corrected chi connectivity index (χ1v) is 5.00. The van der Waals surface area contributed by atoms with Crippen molar-refractivity contribution in [2.75, 3.05) is 19.8 Å². The number of aromatic nitrogens is 1. The normalized spacial score (nSPS) is 10.5. The van der Waals surface area contributed by atoms with Crippen LogP contribution >= 0.6 is 11.3 Å². The number of hydrogen-bond donors (Lipinski definition) is 0. The predicted molar refractivity (Wildman–Crippen MR) is 53.7 cm³/mol. The smallest absolute Gasteiger partial charge is 0.157 e. The van der Waals surface area contributed by atoms with Gasteiger partial charge in [0.05, 0.1) is 19.8 Å². The van der Waals surface area contributed by atoms with Crippen molar-refractivity contribution in [3.05, 3.63) is 11.1 Å². The lowest BCUT2D eigenvalue weighted by Gasteiger charge is -2.01. The van der Waals surface area contributed by atoms with E-state index in [0.717, 1.165) is 11.5 Å². The van der Waals surface area contributed by atoms with Gasteiger partial charge in [0.25, 0.3) is 0 Å². The van der Waals surface area contributed by atoms with E-state index in [-0.39, 0.29) is 0 Å². The molecular weight excluding hydrogens is 185 g/mol. The molecule has 5 heteroatoms. The summed E-state index contributed by atoms with van der Waals surface area (Å²) in [6, 6.07) is 0. The van der Waals surface area contributed by atoms with Crippen LogP contribution in [0.5, 0.6) is 0 Å². The maximum Gasteiger partial charge on any atom is 0.157 e. The molecule has 13 heavy (non-hydrogen) atoms. The van der Waals surface area contributed by atoms with Gasteiger partial charge in [-0.25, -0.2) is 0 Å². The van der Waals surface area contributed by atoms with Crippen molar-refractivity contribution < 1.29 is 9.47 Å². The average molecular weight is 197 g/mol. The Balaban J connectivity index is 2.06. The number of ether oxygens (including phenoxy) is 2. The van der Waals surface area contributed by atoms with Crippen LogP contribution in [0, 0.1) is 0 Å². The molecule has 2 radical (unpaired) electrons. The van der Waals surface area contributed by atoms with Crippen LogP contribution in [-0.4, -0.2) is 32.7 Å². The molecule has 0 fully saturated rings. The van der Waals surface area contributed by atoms with E-state index in [0.29, 0.717) is 24.7 Å². The summed E-state index contributed by atoms with van der Waals surface area (Å²) in [4.78, 5) is 5.55. The van der Waals surface area contributed by atoms with E-state index in [1.807, 2.05) is 6.92 Å². The number of thiazole rings is 1. The Morgan fingerprint density at radius 3 is 2.85 bits per heavy atom. The maximum atomic E-state index is 5.46. The van der Waals surface area contributed by atoms with Crippen LogP contribution in [0.25, 0.3) is 0 Å². The molecule has 0 bridgehead atoms. The molecule has 0 aliphatic carbocycles. The zero-order chi connectivity index (χ0) is 9.52. The SMILES string of the molecule is [B]c1ncc(COCCOCC)s1. The van der Waals surface area contributed by atoms with Gasteiger partial charge in [-0.3, -0.25) is 4.98 Å². The fourth-order valence-corrected chi connectivity index (χ4v) is 1.45. The predicted octanol–water partition coefficient (Wildman–Crippen LogP) is 0.490. The molecule has 0 unspecified atom stereocenters. The summed E-state index contributed by atoms with van der Waals surface area (Å²) in [6.07, 6.45) is 1.74. The largest absolute Gasteiger partial charge is 0.379 e. The first kappa shape index (κ1) is 10.7. The molecule has 0 saturated heterocycles. The summed E-state index contributed by atoms with van der Waals surface area (Å²) >= 11 is 1.45. The van der Waals surface area contributed by atoms with Crippen molar-refractivity contribution in [3.63, 3.8) is 0 Å². The van der Waals surface area contributed by atoms with Gasteiger partial charge in [0.1, 0.15) is 0 Å². The van der Waals surface area contributed by atoms with E-state index in [4.69, 9.17) is 17.3 Å². The molecule has 70 valence electrons. The minimum Gasteiger partial charge on any atom is -0.379 e. The molecule has 1 aromatic heterocycles. The van der Waals surface area contributed by atoms with Crippen molar-refractivity contribution in [2.24, 2.45) is 0 Å². The van der Waals surface area contributed by atoms with Gasteiger partial charge >= 0.3 is 0 Å². The first-order chi connectivity index (χ1) is 6.33. The second-order valence-corrected chi connectivity index (χ2v) is 3.56. The summed E-state index contributed by atoms with van der Waals surface area (Å²) in [5.41, 5.74) is 0. The van der Waals surface area contributed by atoms with Crippen molar-refractivity contribution >= 4 is 24.1 Å². The average Bonchev–Trinajstić information content (AvgIpc) is 2.51. The lowest BCUT2D eigenvalue weighted by atomic mass is 10.2. The summed E-state index contributed by atoms with van der Waals surface area (Å²) in [5, 5.41) is 0. The molecule has 0 amide bonds. The number of rotatable bonds is 6. The number of nitrogens with zero attached hydrogens (tertiary/aromatic N) is 1. The van der Waals surface area contributed by atoms with Gasteiger partial charge in [-0.2, -0.15) is 0 Å². The van der Waals surface area contributed by atoms with E-state index >= 15 is 0 Å². The van der Waals surface area contributed by atoms with Crippen LogP contribution in [0.1, 0.15) is 11.8 Å². The van der Waals surface area contributed by atoms with E-state index in [1.54, 1.807) is 6.20 Å². The van der Waals surface area contributed by atoms with Gasteiger partial charge in [0, 0.05) is 22.6 Å². The van der Waals surface area contributed by atoms with Crippen LogP contribution in [0.2, 0.25) is 0 Å². The highest BCUT2D eigenvalue weighted by molar-refractivity contribution is 7.19. The van der Waals surface area contributed by atoms with Crippen LogP contribution < -0.4 is 4.91 Å². The zero-order valence-electron chi connectivity index (χ0n) is 7.66. The fourth-order valence-electron chi connectivity index (χ4n) is 0.824. The summed E-state index contributed by atoms with van der Waals surface area (Å²) in [6.45, 7) is 4.53. The van der Waals surface area contributed by atoms with E-state index in [1.165, 1.54) is 11.3 Å². The van der Waals surface area contributed by atoms with Gasteiger partial charge < -0.3 is 9.47 Å². The van der Waals surface area contributed by atoms with Crippen molar-refractivity contribution in [3.8, 4) is 0 Å². The monoisotopic (exact) mass is 197 g/mol. The summed E-state index contributed by atoms with van der Waals surface area (Å²) in [5.74, 6) is 0. The molecule has 0 N–H and O–H groups in total. The topological polar surface area (TPSA) is 31.4 Å².